The van der Waals surface area contributed by atoms with Gasteiger partial charge in [-0.05, 0) is 18.6 Å². The highest BCUT2D eigenvalue weighted by atomic mass is 35.5. The van der Waals surface area contributed by atoms with Gasteiger partial charge in [-0.15, -0.1) is 0 Å². The monoisotopic (exact) mass is 339 g/mol. The van der Waals surface area contributed by atoms with Crippen LogP contribution in [0.1, 0.15) is 29.4 Å². The molecule has 0 aliphatic rings. The SMILES string of the molecule is CCCc1[nH]nc(-c2ccccc2)c1NC(=O)c1ccccc1Cl. The summed E-state index contributed by atoms with van der Waals surface area (Å²) < 4.78 is 0. The summed E-state index contributed by atoms with van der Waals surface area (Å²) in [4.78, 5) is 12.6. The third-order valence-electron chi connectivity index (χ3n) is 3.75. The van der Waals surface area contributed by atoms with E-state index in [2.05, 4.69) is 22.4 Å². The zero-order chi connectivity index (χ0) is 16.9. The number of H-pyrrole nitrogens is 1. The number of carbonyl (C=O) groups is 1. The quantitative estimate of drug-likeness (QED) is 0.692. The van der Waals surface area contributed by atoms with Crippen molar-refractivity contribution in [2.75, 3.05) is 5.32 Å². The zero-order valence-electron chi connectivity index (χ0n) is 13.3. The van der Waals surface area contributed by atoms with Crippen LogP contribution >= 0.6 is 11.6 Å². The zero-order valence-corrected chi connectivity index (χ0v) is 14.1. The number of anilines is 1. The Morgan fingerprint density at radius 1 is 1.12 bits per heavy atom. The van der Waals surface area contributed by atoms with Crippen molar-refractivity contribution >= 4 is 23.2 Å². The van der Waals surface area contributed by atoms with Crippen LogP contribution in [-0.2, 0) is 6.42 Å². The largest absolute Gasteiger partial charge is 0.318 e. The summed E-state index contributed by atoms with van der Waals surface area (Å²) in [6.07, 6.45) is 1.75. The number of benzene rings is 2. The predicted octanol–water partition coefficient (Wildman–Crippen LogP) is 4.93. The van der Waals surface area contributed by atoms with Gasteiger partial charge in [0.25, 0.3) is 5.91 Å². The Balaban J connectivity index is 1.98. The van der Waals surface area contributed by atoms with E-state index in [9.17, 15) is 4.79 Å². The molecule has 24 heavy (non-hydrogen) atoms. The molecule has 1 amide bonds. The summed E-state index contributed by atoms with van der Waals surface area (Å²) in [5.41, 5.74) is 3.76. The minimum Gasteiger partial charge on any atom is -0.318 e. The van der Waals surface area contributed by atoms with E-state index >= 15 is 0 Å². The second kappa shape index (κ2) is 7.32. The second-order valence-corrected chi connectivity index (χ2v) is 5.88. The first kappa shape index (κ1) is 16.3. The average molecular weight is 340 g/mol. The molecule has 5 heteroatoms. The number of nitrogens with one attached hydrogen (secondary N) is 2. The van der Waals surface area contributed by atoms with Crippen LogP contribution in [0.25, 0.3) is 11.3 Å². The third kappa shape index (κ3) is 3.34. The highest BCUT2D eigenvalue weighted by Gasteiger charge is 2.18. The Bertz CT molecular complexity index is 843. The van der Waals surface area contributed by atoms with Crippen LogP contribution in [0, 0.1) is 0 Å². The lowest BCUT2D eigenvalue weighted by Gasteiger charge is -2.09. The van der Waals surface area contributed by atoms with E-state index in [-0.39, 0.29) is 5.91 Å². The van der Waals surface area contributed by atoms with E-state index in [0.29, 0.717) is 16.3 Å². The van der Waals surface area contributed by atoms with Crippen molar-refractivity contribution in [1.82, 2.24) is 10.2 Å². The normalized spacial score (nSPS) is 10.6. The molecule has 0 saturated heterocycles. The molecule has 3 rings (SSSR count). The lowest BCUT2D eigenvalue weighted by atomic mass is 10.1. The fourth-order valence-corrected chi connectivity index (χ4v) is 2.80. The van der Waals surface area contributed by atoms with Crippen molar-refractivity contribution in [3.05, 3.63) is 70.9 Å². The molecule has 0 fully saturated rings. The molecule has 0 radical (unpaired) electrons. The van der Waals surface area contributed by atoms with E-state index in [1.54, 1.807) is 24.3 Å². The van der Waals surface area contributed by atoms with Gasteiger partial charge in [-0.3, -0.25) is 9.89 Å². The van der Waals surface area contributed by atoms with Gasteiger partial charge >= 0.3 is 0 Å². The molecule has 3 aromatic rings. The molecule has 0 aliphatic carbocycles. The minimum atomic E-state index is -0.239. The summed E-state index contributed by atoms with van der Waals surface area (Å²) in [6, 6.07) is 16.8. The summed E-state index contributed by atoms with van der Waals surface area (Å²) in [5.74, 6) is -0.239. The van der Waals surface area contributed by atoms with Gasteiger partial charge in [0.1, 0.15) is 5.69 Å². The van der Waals surface area contributed by atoms with Crippen LogP contribution in [0.3, 0.4) is 0 Å². The number of hydrogen-bond acceptors (Lipinski definition) is 2. The highest BCUT2D eigenvalue weighted by molar-refractivity contribution is 6.34. The summed E-state index contributed by atoms with van der Waals surface area (Å²) in [5, 5.41) is 10.9. The number of nitrogens with zero attached hydrogens (tertiary/aromatic N) is 1. The van der Waals surface area contributed by atoms with E-state index in [1.165, 1.54) is 0 Å². The molecule has 122 valence electrons. The van der Waals surface area contributed by atoms with Gasteiger partial charge in [-0.25, -0.2) is 0 Å². The van der Waals surface area contributed by atoms with Crippen LogP contribution in [-0.4, -0.2) is 16.1 Å². The van der Waals surface area contributed by atoms with E-state index in [4.69, 9.17) is 11.6 Å². The van der Waals surface area contributed by atoms with Crippen molar-refractivity contribution in [2.45, 2.75) is 19.8 Å². The maximum atomic E-state index is 12.6. The van der Waals surface area contributed by atoms with Crippen molar-refractivity contribution in [3.8, 4) is 11.3 Å². The fourth-order valence-electron chi connectivity index (χ4n) is 2.57. The van der Waals surface area contributed by atoms with Crippen LogP contribution in [0.15, 0.2) is 54.6 Å². The van der Waals surface area contributed by atoms with Crippen molar-refractivity contribution in [2.24, 2.45) is 0 Å². The Hall–Kier alpha value is -2.59. The van der Waals surface area contributed by atoms with Crippen molar-refractivity contribution < 1.29 is 4.79 Å². The Morgan fingerprint density at radius 2 is 1.83 bits per heavy atom. The van der Waals surface area contributed by atoms with E-state index < -0.39 is 0 Å². The van der Waals surface area contributed by atoms with Crippen LogP contribution < -0.4 is 5.32 Å². The molecular formula is C19H18ClN3O. The molecule has 2 aromatic carbocycles. The first-order chi connectivity index (χ1) is 11.7. The second-order valence-electron chi connectivity index (χ2n) is 5.48. The number of aryl methyl sites for hydroxylation is 1. The molecule has 0 unspecified atom stereocenters. The van der Waals surface area contributed by atoms with Gasteiger partial charge in [0.15, 0.2) is 0 Å². The van der Waals surface area contributed by atoms with Crippen molar-refractivity contribution in [1.29, 1.82) is 0 Å². The van der Waals surface area contributed by atoms with Gasteiger partial charge < -0.3 is 5.32 Å². The first-order valence-electron chi connectivity index (χ1n) is 7.89. The standard InChI is InChI=1S/C19H18ClN3O/c1-2-8-16-18(17(23-22-16)13-9-4-3-5-10-13)21-19(24)14-11-6-7-12-15(14)20/h3-7,9-12H,2,8H2,1H3,(H,21,24)(H,22,23). The first-order valence-corrected chi connectivity index (χ1v) is 8.27. The molecule has 0 saturated carbocycles. The van der Waals surface area contributed by atoms with Gasteiger partial charge in [0.05, 0.1) is 22.0 Å². The molecule has 1 aromatic heterocycles. The smallest absolute Gasteiger partial charge is 0.257 e. The van der Waals surface area contributed by atoms with E-state index in [1.807, 2.05) is 30.3 Å². The van der Waals surface area contributed by atoms with Crippen LogP contribution in [0.2, 0.25) is 5.02 Å². The predicted molar refractivity (Wildman–Crippen MR) is 97.4 cm³/mol. The highest BCUT2D eigenvalue weighted by Crippen LogP contribution is 2.30. The Morgan fingerprint density at radius 3 is 2.54 bits per heavy atom. The third-order valence-corrected chi connectivity index (χ3v) is 4.08. The summed E-state index contributed by atoms with van der Waals surface area (Å²) in [6.45, 7) is 2.09. The van der Waals surface area contributed by atoms with Gasteiger partial charge in [0.2, 0.25) is 0 Å². The number of aromatic nitrogens is 2. The number of amides is 1. The van der Waals surface area contributed by atoms with Crippen LogP contribution in [0.4, 0.5) is 5.69 Å². The average Bonchev–Trinajstić information content (AvgIpc) is 2.99. The summed E-state index contributed by atoms with van der Waals surface area (Å²) >= 11 is 6.13. The number of carbonyl (C=O) groups excluding carboxylic acids is 1. The molecule has 0 spiro atoms. The molecule has 1 heterocycles. The van der Waals surface area contributed by atoms with Crippen LogP contribution in [0.5, 0.6) is 0 Å². The molecule has 4 nitrogen and oxygen atoms in total. The van der Waals surface area contributed by atoms with Gasteiger partial charge in [-0.2, -0.15) is 5.10 Å². The van der Waals surface area contributed by atoms with E-state index in [0.717, 1.165) is 29.8 Å². The number of rotatable bonds is 5. The summed E-state index contributed by atoms with van der Waals surface area (Å²) in [7, 11) is 0. The maximum Gasteiger partial charge on any atom is 0.257 e. The molecular weight excluding hydrogens is 322 g/mol. The molecule has 0 bridgehead atoms. The molecule has 0 atom stereocenters. The van der Waals surface area contributed by atoms with Gasteiger partial charge in [-0.1, -0.05) is 67.4 Å². The number of hydrogen-bond donors (Lipinski definition) is 2. The Kier molecular flexibility index (Phi) is 4.96. The fraction of sp³-hybridized carbons (Fsp3) is 0.158. The topological polar surface area (TPSA) is 57.8 Å². The number of aromatic amines is 1. The maximum absolute atomic E-state index is 12.6. The molecule has 2 N–H and O–H groups in total. The Labute approximate surface area is 145 Å². The lowest BCUT2D eigenvalue weighted by molar-refractivity contribution is 0.102. The molecule has 0 aliphatic heterocycles. The van der Waals surface area contributed by atoms with Gasteiger partial charge in [0, 0.05) is 5.56 Å². The number of halogens is 1. The van der Waals surface area contributed by atoms with Crippen molar-refractivity contribution in [3.63, 3.8) is 0 Å². The minimum absolute atomic E-state index is 0.239. The lowest BCUT2D eigenvalue weighted by Crippen LogP contribution is -2.14.